The monoisotopic (exact) mass is 1000 g/mol. The molecule has 19 heteroatoms. The second kappa shape index (κ2) is 22.2. The molecule has 4 aromatic rings. The minimum atomic E-state index is -0.921. The first kappa shape index (κ1) is 55.1. The van der Waals surface area contributed by atoms with E-state index in [4.69, 9.17) is 14.5 Å². The maximum Gasteiger partial charge on any atom is 0.410 e. The molecule has 0 unspecified atom stereocenters. The number of carbonyl (C=O) groups is 6. The molecule has 2 aromatic carbocycles. The van der Waals surface area contributed by atoms with Crippen molar-refractivity contribution in [1.29, 1.82) is 0 Å². The van der Waals surface area contributed by atoms with Gasteiger partial charge in [-0.05, 0) is 142 Å². The first-order valence-electron chi connectivity index (χ1n) is 25.3. The van der Waals surface area contributed by atoms with Crippen LogP contribution in [-0.4, -0.2) is 145 Å². The van der Waals surface area contributed by atoms with E-state index >= 15 is 0 Å². The Morgan fingerprint density at radius 1 is 0.778 bits per heavy atom. The molecule has 17 nitrogen and oxygen atoms in total. The van der Waals surface area contributed by atoms with E-state index in [1.165, 1.54) is 48.2 Å². The molecule has 6 atom stereocenters. The molecule has 2 aliphatic heterocycles. The number of halogens is 2. The Hall–Kier alpha value is -6.27. The van der Waals surface area contributed by atoms with Crippen molar-refractivity contribution in [2.24, 2.45) is 5.92 Å². The summed E-state index contributed by atoms with van der Waals surface area (Å²) in [5.74, 6) is -2.18. The van der Waals surface area contributed by atoms with Gasteiger partial charge in [-0.15, -0.1) is 0 Å². The number of hydrogen-bond donors (Lipinski definition) is 3. The van der Waals surface area contributed by atoms with Crippen molar-refractivity contribution in [3.63, 3.8) is 0 Å². The van der Waals surface area contributed by atoms with Gasteiger partial charge in [0.15, 0.2) is 5.82 Å². The normalized spacial score (nSPS) is 18.0. The first-order chi connectivity index (χ1) is 33.7. The van der Waals surface area contributed by atoms with E-state index in [2.05, 4.69) is 15.6 Å². The molecule has 0 spiro atoms. The van der Waals surface area contributed by atoms with Crippen molar-refractivity contribution in [2.45, 2.75) is 175 Å². The van der Waals surface area contributed by atoms with Crippen molar-refractivity contribution in [3.8, 4) is 11.5 Å². The summed E-state index contributed by atoms with van der Waals surface area (Å²) >= 11 is 0. The predicted molar refractivity (Wildman–Crippen MR) is 271 cm³/mol. The Kier molecular flexibility index (Phi) is 17.0. The van der Waals surface area contributed by atoms with Crippen LogP contribution in [0, 0.1) is 17.6 Å². The fraction of sp³-hybridized carbons (Fsp3) is 0.604. The van der Waals surface area contributed by atoms with Crippen LogP contribution in [0.4, 0.5) is 18.4 Å². The van der Waals surface area contributed by atoms with E-state index < -0.39 is 71.0 Å². The second-order valence-electron chi connectivity index (χ2n) is 21.8. The lowest BCUT2D eigenvalue weighted by Crippen LogP contribution is -2.56. The quantitative estimate of drug-likeness (QED) is 0.100. The number of benzene rings is 2. The number of fused-ring (bicyclic) bond motifs is 2. The molecular formula is C53H75F2N9O8. The molecule has 2 fully saturated rings. The number of rotatable bonds is 16. The molecule has 2 aromatic heterocycles. The van der Waals surface area contributed by atoms with Crippen LogP contribution in [0.25, 0.3) is 33.5 Å². The van der Waals surface area contributed by atoms with Crippen molar-refractivity contribution in [3.05, 3.63) is 53.6 Å². The Balaban J connectivity index is 1.26. The summed E-state index contributed by atoms with van der Waals surface area (Å²) in [7, 11) is 2.96. The average molecular weight is 1000 g/mol. The van der Waals surface area contributed by atoms with Gasteiger partial charge in [0.25, 0.3) is 0 Å². The van der Waals surface area contributed by atoms with Gasteiger partial charge in [0.1, 0.15) is 47.0 Å². The van der Waals surface area contributed by atoms with Gasteiger partial charge in [-0.2, -0.15) is 0 Å². The number of likely N-dealkylation sites (N-methyl/N-ethyl adjacent to an activating group) is 2. The summed E-state index contributed by atoms with van der Waals surface area (Å²) in [5, 5.41) is 6.53. The Labute approximate surface area is 421 Å². The number of imidazole rings is 1. The van der Waals surface area contributed by atoms with Gasteiger partial charge in [0.05, 0.1) is 16.7 Å². The number of amides is 6. The zero-order valence-electron chi connectivity index (χ0n) is 44.3. The predicted octanol–water partition coefficient (Wildman–Crippen LogP) is 7.92. The molecule has 72 heavy (non-hydrogen) atoms. The molecular weight excluding hydrogens is 929 g/mol. The summed E-state index contributed by atoms with van der Waals surface area (Å²) in [4.78, 5) is 95.9. The van der Waals surface area contributed by atoms with Crippen molar-refractivity contribution < 1.29 is 47.0 Å². The van der Waals surface area contributed by atoms with E-state index in [0.29, 0.717) is 86.2 Å². The molecule has 3 N–H and O–H groups in total. The summed E-state index contributed by atoms with van der Waals surface area (Å²) in [6.45, 7) is 20.4. The maximum atomic E-state index is 15.0. The van der Waals surface area contributed by atoms with Crippen LogP contribution in [0.2, 0.25) is 0 Å². The number of nitrogens with one attached hydrogen (secondary N) is 3. The fourth-order valence-electron chi connectivity index (χ4n) is 9.56. The minimum Gasteiger partial charge on any atom is -0.444 e. The summed E-state index contributed by atoms with van der Waals surface area (Å²) in [5.41, 5.74) is 1.42. The number of hydrogen-bond acceptors (Lipinski definition) is 9. The molecule has 6 amide bonds. The van der Waals surface area contributed by atoms with Gasteiger partial charge in [0, 0.05) is 62.8 Å². The SMILES string of the molecule is CC[C@H](NC(=O)[C@H](C)N(C)C(=O)OC(C)(C)C)C(=O)N1CCC[C@H]1Cc1c(-c2nc3cc(F)ccc3n2CC[C@@H]2CCCN2C(=O)[C@@H](NC(=O)[C@H](C)N(C)C(=O)OC(C)(C)C)C(C)C)[nH]c2cc(F)ccc12. The number of carbonyl (C=O) groups excluding carboxylic acids is 6. The van der Waals surface area contributed by atoms with Crippen LogP contribution in [0.3, 0.4) is 0 Å². The third kappa shape index (κ3) is 12.7. The van der Waals surface area contributed by atoms with Gasteiger partial charge in [-0.3, -0.25) is 29.0 Å². The van der Waals surface area contributed by atoms with Crippen molar-refractivity contribution in [1.82, 2.24) is 44.8 Å². The van der Waals surface area contributed by atoms with Gasteiger partial charge in [0.2, 0.25) is 23.6 Å². The number of aromatic amines is 1. The van der Waals surface area contributed by atoms with Crippen LogP contribution in [0.15, 0.2) is 36.4 Å². The molecule has 0 saturated carbocycles. The molecule has 2 saturated heterocycles. The Morgan fingerprint density at radius 2 is 1.32 bits per heavy atom. The highest BCUT2D eigenvalue weighted by Gasteiger charge is 2.39. The molecule has 2 aliphatic rings. The highest BCUT2D eigenvalue weighted by molar-refractivity contribution is 5.94. The Morgan fingerprint density at radius 3 is 1.89 bits per heavy atom. The number of likely N-dealkylation sites (tertiary alicyclic amines) is 2. The standard InChI is InChI=1S/C53H75F2N9O8/c1-14-39(58-46(65)31(4)60(12)50(69)71-52(6,7)8)48(67)63-25-16-18-36(63)29-38-37-21-19-33(54)27-40(37)56-44(38)45-57-41-28-34(55)20-22-42(41)64(45)26-23-35-17-15-24-62(35)49(68)43(30(2)3)59-47(66)32(5)61(13)51(70)72-53(9,10)11/h19-22,27-28,30-32,35-36,39,43,56H,14-18,23-26,29H2,1-13H3,(H,58,65)(H,59,66)/t31-,32-,35-,36-,39-,43-/m0/s1. The van der Waals surface area contributed by atoms with E-state index in [1.54, 1.807) is 72.4 Å². The zero-order valence-corrected chi connectivity index (χ0v) is 44.3. The second-order valence-corrected chi connectivity index (χ2v) is 21.8. The lowest BCUT2D eigenvalue weighted by Gasteiger charge is -2.33. The maximum absolute atomic E-state index is 15.0. The smallest absolute Gasteiger partial charge is 0.410 e. The lowest BCUT2D eigenvalue weighted by molar-refractivity contribution is -0.139. The average Bonchev–Trinajstić information content (AvgIpc) is 4.11. The molecule has 4 heterocycles. The van der Waals surface area contributed by atoms with Crippen molar-refractivity contribution in [2.75, 3.05) is 27.2 Å². The number of H-pyrrole nitrogens is 1. The van der Waals surface area contributed by atoms with Gasteiger partial charge in [-0.1, -0.05) is 20.8 Å². The number of nitrogens with zero attached hydrogens (tertiary/aromatic N) is 6. The van der Waals surface area contributed by atoms with Crippen LogP contribution in [-0.2, 0) is 41.6 Å². The van der Waals surface area contributed by atoms with Crippen molar-refractivity contribution >= 4 is 57.8 Å². The van der Waals surface area contributed by atoms with E-state index in [0.717, 1.165) is 17.4 Å². The molecule has 0 aliphatic carbocycles. The summed E-state index contributed by atoms with van der Waals surface area (Å²) in [6.07, 6.45) is 2.65. The molecule has 394 valence electrons. The Bertz CT molecular complexity index is 2650. The topological polar surface area (TPSA) is 192 Å². The third-order valence-electron chi connectivity index (χ3n) is 13.8. The van der Waals surface area contributed by atoms with E-state index in [9.17, 15) is 37.5 Å². The van der Waals surface area contributed by atoms with Crippen LogP contribution >= 0.6 is 0 Å². The highest BCUT2D eigenvalue weighted by Crippen LogP contribution is 2.37. The van der Waals surface area contributed by atoms with E-state index in [-0.39, 0.29) is 29.8 Å². The molecule has 0 radical (unpaired) electrons. The van der Waals surface area contributed by atoms with Crippen LogP contribution < -0.4 is 10.6 Å². The van der Waals surface area contributed by atoms with Crippen LogP contribution in [0.1, 0.15) is 120 Å². The highest BCUT2D eigenvalue weighted by atomic mass is 19.1. The van der Waals surface area contributed by atoms with Gasteiger partial charge in [-0.25, -0.2) is 23.4 Å². The number of aromatic nitrogens is 3. The van der Waals surface area contributed by atoms with E-state index in [1.807, 2.05) is 30.2 Å². The summed E-state index contributed by atoms with van der Waals surface area (Å²) in [6, 6.07) is 4.80. The van der Waals surface area contributed by atoms with Gasteiger partial charge >= 0.3 is 12.2 Å². The first-order valence-corrected chi connectivity index (χ1v) is 25.3. The fourth-order valence-corrected chi connectivity index (χ4v) is 9.56. The number of aryl methyl sites for hydroxylation is 1. The minimum absolute atomic E-state index is 0.217. The third-order valence-corrected chi connectivity index (χ3v) is 13.8. The van der Waals surface area contributed by atoms with Crippen LogP contribution in [0.5, 0.6) is 0 Å². The zero-order chi connectivity index (χ0) is 53.1. The largest absolute Gasteiger partial charge is 0.444 e. The van der Waals surface area contributed by atoms with Gasteiger partial charge < -0.3 is 39.5 Å². The molecule has 0 bridgehead atoms. The summed E-state index contributed by atoms with van der Waals surface area (Å²) < 4.78 is 42.8. The lowest BCUT2D eigenvalue weighted by atomic mass is 9.99. The molecule has 6 rings (SSSR count). The number of ether oxygens (including phenoxy) is 2.